The summed E-state index contributed by atoms with van der Waals surface area (Å²) in [7, 11) is 3.47. The van der Waals surface area contributed by atoms with E-state index in [9.17, 15) is 4.79 Å². The summed E-state index contributed by atoms with van der Waals surface area (Å²) >= 11 is 0. The molecule has 1 aromatic heterocycles. The van der Waals surface area contributed by atoms with Crippen LogP contribution in [0.2, 0.25) is 0 Å². The number of hydrogen-bond acceptors (Lipinski definition) is 3. The van der Waals surface area contributed by atoms with Gasteiger partial charge in [0.2, 0.25) is 0 Å². The Morgan fingerprint density at radius 2 is 2.15 bits per heavy atom. The van der Waals surface area contributed by atoms with Crippen molar-refractivity contribution in [3.8, 4) is 0 Å². The van der Waals surface area contributed by atoms with E-state index in [4.69, 9.17) is 0 Å². The van der Waals surface area contributed by atoms with E-state index in [1.807, 2.05) is 0 Å². The maximum absolute atomic E-state index is 11.3. The van der Waals surface area contributed by atoms with Gasteiger partial charge in [-0.3, -0.25) is 4.68 Å². The summed E-state index contributed by atoms with van der Waals surface area (Å²) in [4.78, 5) is 12.8. The van der Waals surface area contributed by atoms with Crippen LogP contribution in [-0.2, 0) is 6.54 Å². The minimum absolute atomic E-state index is 0.0580. The van der Waals surface area contributed by atoms with Gasteiger partial charge >= 0.3 is 6.03 Å². The molecule has 0 aliphatic heterocycles. The molecule has 1 aliphatic carbocycles. The van der Waals surface area contributed by atoms with E-state index in [0.717, 1.165) is 18.8 Å². The van der Waals surface area contributed by atoms with E-state index in [-0.39, 0.29) is 6.03 Å². The van der Waals surface area contributed by atoms with Crippen molar-refractivity contribution in [1.82, 2.24) is 25.3 Å². The summed E-state index contributed by atoms with van der Waals surface area (Å²) in [6.07, 6.45) is 7.24. The van der Waals surface area contributed by atoms with Gasteiger partial charge in [-0.2, -0.15) is 5.10 Å². The molecule has 0 radical (unpaired) electrons. The normalized spacial score (nSPS) is 15.5. The molecular weight excluding hydrogens is 254 g/mol. The second-order valence-electron chi connectivity index (χ2n) is 5.53. The Labute approximate surface area is 120 Å². The van der Waals surface area contributed by atoms with Crippen LogP contribution in [0.25, 0.3) is 0 Å². The molecule has 1 aliphatic rings. The molecule has 0 saturated heterocycles. The number of amides is 2. The summed E-state index contributed by atoms with van der Waals surface area (Å²) in [6.45, 7) is 2.12. The lowest BCUT2D eigenvalue weighted by atomic mass is 10.3. The lowest BCUT2D eigenvalue weighted by Crippen LogP contribution is -2.38. The molecule has 0 atom stereocenters. The predicted octanol–water partition coefficient (Wildman–Crippen LogP) is 1.36. The molecule has 1 fully saturated rings. The van der Waals surface area contributed by atoms with Gasteiger partial charge in [-0.25, -0.2) is 4.79 Å². The number of carbonyl (C=O) groups is 1. The first-order chi connectivity index (χ1) is 9.66. The molecule has 2 rings (SSSR count). The molecule has 0 unspecified atom stereocenters. The number of urea groups is 1. The highest BCUT2D eigenvalue weighted by atomic mass is 16.2. The van der Waals surface area contributed by atoms with E-state index in [0.29, 0.717) is 12.6 Å². The van der Waals surface area contributed by atoms with E-state index in [1.165, 1.54) is 30.6 Å². The third-order valence-corrected chi connectivity index (χ3v) is 3.65. The molecule has 1 saturated carbocycles. The van der Waals surface area contributed by atoms with Crippen LogP contribution in [0.15, 0.2) is 12.3 Å². The second-order valence-corrected chi connectivity index (χ2v) is 5.53. The van der Waals surface area contributed by atoms with E-state index in [2.05, 4.69) is 32.7 Å². The summed E-state index contributed by atoms with van der Waals surface area (Å²) < 4.78 is 2.11. The van der Waals surface area contributed by atoms with Crippen LogP contribution in [0.5, 0.6) is 0 Å². The summed E-state index contributed by atoms with van der Waals surface area (Å²) in [5, 5.41) is 10.7. The summed E-state index contributed by atoms with van der Waals surface area (Å²) in [6, 6.07) is 2.62. The van der Waals surface area contributed by atoms with Crippen molar-refractivity contribution in [2.24, 2.45) is 0 Å². The van der Waals surface area contributed by atoms with Crippen LogP contribution in [0.1, 0.15) is 37.4 Å². The van der Waals surface area contributed by atoms with Crippen molar-refractivity contribution in [2.75, 3.05) is 27.2 Å². The lowest BCUT2D eigenvalue weighted by molar-refractivity contribution is 0.217. The predicted molar refractivity (Wildman–Crippen MR) is 78.5 cm³/mol. The Kier molecular flexibility index (Phi) is 5.40. The molecule has 0 aromatic carbocycles. The zero-order valence-electron chi connectivity index (χ0n) is 12.4. The molecule has 6 nitrogen and oxygen atoms in total. The minimum atomic E-state index is -0.0580. The maximum Gasteiger partial charge on any atom is 0.316 e. The fourth-order valence-electron chi connectivity index (χ4n) is 2.48. The Morgan fingerprint density at radius 1 is 1.40 bits per heavy atom. The molecule has 112 valence electrons. The first-order valence-electron chi connectivity index (χ1n) is 7.36. The van der Waals surface area contributed by atoms with Gasteiger partial charge in [0.15, 0.2) is 0 Å². The molecule has 2 amide bonds. The second kappa shape index (κ2) is 7.28. The minimum Gasteiger partial charge on any atom is -0.337 e. The number of nitrogens with one attached hydrogen (secondary N) is 2. The van der Waals surface area contributed by atoms with Crippen molar-refractivity contribution >= 4 is 6.03 Å². The highest BCUT2D eigenvalue weighted by Crippen LogP contribution is 2.28. The van der Waals surface area contributed by atoms with Crippen LogP contribution < -0.4 is 10.6 Å². The molecule has 0 spiro atoms. The summed E-state index contributed by atoms with van der Waals surface area (Å²) in [5.41, 5.74) is 1.07. The highest BCUT2D eigenvalue weighted by Gasteiger charge is 2.17. The first kappa shape index (κ1) is 14.8. The van der Waals surface area contributed by atoms with Gasteiger partial charge in [0, 0.05) is 39.9 Å². The average molecular weight is 279 g/mol. The number of carbonyl (C=O) groups excluding carboxylic acids is 1. The van der Waals surface area contributed by atoms with Gasteiger partial charge in [-0.05, 0) is 18.9 Å². The van der Waals surface area contributed by atoms with Crippen molar-refractivity contribution < 1.29 is 4.79 Å². The third-order valence-electron chi connectivity index (χ3n) is 3.65. The van der Waals surface area contributed by atoms with Gasteiger partial charge < -0.3 is 15.5 Å². The Hall–Kier alpha value is -1.56. The van der Waals surface area contributed by atoms with Crippen molar-refractivity contribution in [3.05, 3.63) is 18.0 Å². The van der Waals surface area contributed by atoms with Gasteiger partial charge in [0.1, 0.15) is 0 Å². The number of nitrogens with zero attached hydrogens (tertiary/aromatic N) is 3. The van der Waals surface area contributed by atoms with Crippen LogP contribution >= 0.6 is 0 Å². The Balaban J connectivity index is 1.63. The zero-order chi connectivity index (χ0) is 14.4. The standard InChI is InChI=1S/C14H25N5O/c1-18(2)14(20)16-9-8-15-11-12-7-10-19(17-12)13-5-3-4-6-13/h7,10,13,15H,3-6,8-9,11H2,1-2H3,(H,16,20). The van der Waals surface area contributed by atoms with Crippen molar-refractivity contribution in [1.29, 1.82) is 0 Å². The molecule has 1 heterocycles. The number of rotatable bonds is 6. The van der Waals surface area contributed by atoms with Crippen LogP contribution in [0, 0.1) is 0 Å². The Bertz CT molecular complexity index is 423. The summed E-state index contributed by atoms with van der Waals surface area (Å²) in [5.74, 6) is 0. The average Bonchev–Trinajstić information content (AvgIpc) is 3.08. The van der Waals surface area contributed by atoms with Crippen LogP contribution in [0.3, 0.4) is 0 Å². The highest BCUT2D eigenvalue weighted by molar-refractivity contribution is 5.73. The quantitative estimate of drug-likeness (QED) is 0.773. The van der Waals surface area contributed by atoms with Gasteiger partial charge in [-0.1, -0.05) is 12.8 Å². The fraction of sp³-hybridized carbons (Fsp3) is 0.714. The maximum atomic E-state index is 11.3. The van der Waals surface area contributed by atoms with Crippen LogP contribution in [-0.4, -0.2) is 47.9 Å². The third kappa shape index (κ3) is 4.23. The number of hydrogen-bond donors (Lipinski definition) is 2. The molecule has 2 N–H and O–H groups in total. The molecule has 6 heteroatoms. The van der Waals surface area contributed by atoms with Gasteiger partial charge in [0.25, 0.3) is 0 Å². The molecule has 1 aromatic rings. The zero-order valence-corrected chi connectivity index (χ0v) is 12.4. The smallest absolute Gasteiger partial charge is 0.316 e. The van der Waals surface area contributed by atoms with E-state index in [1.54, 1.807) is 14.1 Å². The first-order valence-corrected chi connectivity index (χ1v) is 7.36. The SMILES string of the molecule is CN(C)C(=O)NCCNCc1ccn(C2CCCC2)n1. The van der Waals surface area contributed by atoms with Gasteiger partial charge in [0.05, 0.1) is 11.7 Å². The molecule has 20 heavy (non-hydrogen) atoms. The van der Waals surface area contributed by atoms with E-state index >= 15 is 0 Å². The van der Waals surface area contributed by atoms with Gasteiger partial charge in [-0.15, -0.1) is 0 Å². The van der Waals surface area contributed by atoms with Crippen molar-refractivity contribution in [3.63, 3.8) is 0 Å². The van der Waals surface area contributed by atoms with Crippen molar-refractivity contribution in [2.45, 2.75) is 38.3 Å². The lowest BCUT2D eigenvalue weighted by Gasteiger charge is -2.12. The largest absolute Gasteiger partial charge is 0.337 e. The molecular formula is C14H25N5O. The van der Waals surface area contributed by atoms with E-state index < -0.39 is 0 Å². The van der Waals surface area contributed by atoms with Crippen LogP contribution in [0.4, 0.5) is 4.79 Å². The monoisotopic (exact) mass is 279 g/mol. The topological polar surface area (TPSA) is 62.2 Å². The molecule has 0 bridgehead atoms. The number of aromatic nitrogens is 2. The Morgan fingerprint density at radius 3 is 2.85 bits per heavy atom. The fourth-order valence-corrected chi connectivity index (χ4v) is 2.48.